The molecule has 0 aromatic heterocycles. The van der Waals surface area contributed by atoms with E-state index in [2.05, 4.69) is 218 Å². The highest BCUT2D eigenvalue weighted by molar-refractivity contribution is 7.48. The Morgan fingerprint density at radius 1 is 0.406 bits per heavy atom. The van der Waals surface area contributed by atoms with Crippen molar-refractivity contribution < 1.29 is 18.5 Å². The van der Waals surface area contributed by atoms with E-state index in [1.165, 1.54) is 11.1 Å². The minimum Gasteiger partial charge on any atom is -0.394 e. The van der Waals surface area contributed by atoms with Crippen LogP contribution in [0.5, 0.6) is 11.5 Å². The van der Waals surface area contributed by atoms with E-state index in [0.717, 1.165) is 99.4 Å². The SMILES string of the molecule is CC(C)c1cc(-c2ccc(C(C)(C)C)cc2)cc(C(C)C)c1-c1cc2ccccc2c2c1OP(=O)(O)Oc1c(-c3c(C(C)C)cc(-c4ccc(C(C)(C)C)cc4)cc3C(C)C)cc3ccccc3c1-2. The zero-order valence-electron chi connectivity index (χ0n) is 43.1. The van der Waals surface area contributed by atoms with Crippen molar-refractivity contribution in [3.63, 3.8) is 0 Å². The number of phosphoric acid groups is 1. The first-order chi connectivity index (χ1) is 32.5. The zero-order valence-corrected chi connectivity index (χ0v) is 44.0. The van der Waals surface area contributed by atoms with Gasteiger partial charge in [0.1, 0.15) is 11.5 Å². The highest BCUT2D eigenvalue weighted by Crippen LogP contribution is 2.63. The summed E-state index contributed by atoms with van der Waals surface area (Å²) in [5, 5.41) is 3.84. The Labute approximate surface area is 411 Å². The summed E-state index contributed by atoms with van der Waals surface area (Å²) in [6.07, 6.45) is 0. The van der Waals surface area contributed by atoms with Crippen molar-refractivity contribution in [2.45, 2.75) is 131 Å². The van der Waals surface area contributed by atoms with Gasteiger partial charge in [-0.1, -0.05) is 218 Å². The largest absolute Gasteiger partial charge is 0.584 e. The highest BCUT2D eigenvalue weighted by atomic mass is 31.2. The van der Waals surface area contributed by atoms with Gasteiger partial charge in [0, 0.05) is 22.3 Å². The van der Waals surface area contributed by atoms with Crippen LogP contribution in [0.1, 0.15) is 154 Å². The van der Waals surface area contributed by atoms with E-state index in [-0.39, 0.29) is 34.5 Å². The Balaban J connectivity index is 1.38. The molecule has 1 aliphatic heterocycles. The summed E-state index contributed by atoms with van der Waals surface area (Å²) < 4.78 is 28.4. The van der Waals surface area contributed by atoms with Gasteiger partial charge in [-0.05, 0) is 135 Å². The normalized spacial score (nSPS) is 13.8. The molecular formula is C64H69O4P. The van der Waals surface area contributed by atoms with E-state index in [0.29, 0.717) is 11.5 Å². The number of phosphoric ester groups is 1. The van der Waals surface area contributed by atoms with Crippen molar-refractivity contribution in [3.8, 4) is 67.1 Å². The molecule has 0 bridgehead atoms. The first-order valence-corrected chi connectivity index (χ1v) is 26.4. The molecule has 354 valence electrons. The van der Waals surface area contributed by atoms with E-state index < -0.39 is 7.82 Å². The molecule has 0 fully saturated rings. The Morgan fingerprint density at radius 3 is 1.00 bits per heavy atom. The van der Waals surface area contributed by atoms with Crippen LogP contribution in [0.3, 0.4) is 0 Å². The molecular weight excluding hydrogens is 864 g/mol. The molecule has 1 aliphatic rings. The van der Waals surface area contributed by atoms with Crippen LogP contribution in [0.15, 0.2) is 133 Å². The van der Waals surface area contributed by atoms with Gasteiger partial charge in [-0.3, -0.25) is 4.89 Å². The van der Waals surface area contributed by atoms with Crippen LogP contribution < -0.4 is 9.05 Å². The first kappa shape index (κ1) is 48.1. The Morgan fingerprint density at radius 2 is 0.710 bits per heavy atom. The molecule has 4 nitrogen and oxygen atoms in total. The molecule has 0 radical (unpaired) electrons. The number of benzene rings is 8. The number of hydrogen-bond donors (Lipinski definition) is 1. The summed E-state index contributed by atoms with van der Waals surface area (Å²) in [6.45, 7) is 31.3. The maximum atomic E-state index is 15.1. The molecule has 9 rings (SSSR count). The van der Waals surface area contributed by atoms with Gasteiger partial charge in [0.25, 0.3) is 0 Å². The number of rotatable bonds is 8. The summed E-state index contributed by atoms with van der Waals surface area (Å²) in [7, 11) is -4.85. The standard InChI is InChI=1S/C64H69O4P/c1-37(2)51-33-45(41-23-27-47(28-24-41)63(9,10)11)34-52(38(3)4)57(51)55-31-43-19-15-17-21-49(43)59-60-50-22-18-16-20-44(50)32-56(62(60)68-69(65,66)67-61(55)59)58-53(39(5)6)35-46(36-54(58)40(7)8)42-25-29-48(30-26-42)64(12,13)14/h15-40H,1-14H3,(H,65,66). The van der Waals surface area contributed by atoms with Gasteiger partial charge in [0.15, 0.2) is 0 Å². The molecule has 8 aromatic carbocycles. The van der Waals surface area contributed by atoms with E-state index >= 15 is 4.57 Å². The van der Waals surface area contributed by atoms with Crippen LogP contribution in [0.4, 0.5) is 0 Å². The predicted octanol–water partition coefficient (Wildman–Crippen LogP) is 19.3. The van der Waals surface area contributed by atoms with Crippen molar-refractivity contribution in [1.29, 1.82) is 0 Å². The van der Waals surface area contributed by atoms with Crippen molar-refractivity contribution in [2.24, 2.45) is 0 Å². The van der Waals surface area contributed by atoms with Gasteiger partial charge < -0.3 is 9.05 Å². The lowest BCUT2D eigenvalue weighted by Gasteiger charge is -2.26. The molecule has 0 spiro atoms. The summed E-state index contributed by atoms with van der Waals surface area (Å²) in [6, 6.07) is 48.2. The molecule has 0 unspecified atom stereocenters. The monoisotopic (exact) mass is 932 g/mol. The summed E-state index contributed by atoms with van der Waals surface area (Å²) in [5.41, 5.74) is 16.9. The first-order valence-electron chi connectivity index (χ1n) is 24.9. The van der Waals surface area contributed by atoms with Crippen LogP contribution in [0.2, 0.25) is 0 Å². The lowest BCUT2D eigenvalue weighted by Crippen LogP contribution is -2.10. The van der Waals surface area contributed by atoms with Crippen molar-refractivity contribution in [3.05, 3.63) is 167 Å². The van der Waals surface area contributed by atoms with Gasteiger partial charge in [-0.25, -0.2) is 4.57 Å². The molecule has 0 atom stereocenters. The van der Waals surface area contributed by atoms with Gasteiger partial charge in [-0.15, -0.1) is 0 Å². The van der Waals surface area contributed by atoms with Gasteiger partial charge in [0.2, 0.25) is 0 Å². The fourth-order valence-corrected chi connectivity index (χ4v) is 11.3. The second-order valence-electron chi connectivity index (χ2n) is 22.7. The number of hydrogen-bond acceptors (Lipinski definition) is 3. The van der Waals surface area contributed by atoms with Gasteiger partial charge in [0.05, 0.1) is 0 Å². The minimum absolute atomic E-state index is 0.0421. The minimum atomic E-state index is -4.85. The fourth-order valence-electron chi connectivity index (χ4n) is 10.4. The molecule has 0 saturated heterocycles. The van der Waals surface area contributed by atoms with Crippen molar-refractivity contribution in [1.82, 2.24) is 0 Å². The summed E-state index contributed by atoms with van der Waals surface area (Å²) in [4.78, 5) is 12.3. The highest BCUT2D eigenvalue weighted by Gasteiger charge is 2.39. The fraction of sp³-hybridized carbons (Fsp3) is 0.312. The Kier molecular flexibility index (Phi) is 12.4. The molecule has 0 aliphatic carbocycles. The Hall–Kier alpha value is -5.93. The smallest absolute Gasteiger partial charge is 0.394 e. The zero-order chi connectivity index (χ0) is 49.5. The quantitative estimate of drug-likeness (QED) is 0.154. The summed E-state index contributed by atoms with van der Waals surface area (Å²) in [5.74, 6) is 1.15. The average Bonchev–Trinajstić information content (AvgIpc) is 3.43. The van der Waals surface area contributed by atoms with Gasteiger partial charge in [-0.2, -0.15) is 0 Å². The van der Waals surface area contributed by atoms with E-state index in [9.17, 15) is 4.89 Å². The molecule has 5 heteroatoms. The van der Waals surface area contributed by atoms with Crippen LogP contribution in [0, 0.1) is 0 Å². The summed E-state index contributed by atoms with van der Waals surface area (Å²) >= 11 is 0. The lowest BCUT2D eigenvalue weighted by atomic mass is 9.78. The van der Waals surface area contributed by atoms with Crippen LogP contribution >= 0.6 is 7.82 Å². The second-order valence-corrected chi connectivity index (χ2v) is 24.0. The third-order valence-corrected chi connectivity index (χ3v) is 15.1. The topological polar surface area (TPSA) is 55.8 Å². The van der Waals surface area contributed by atoms with Crippen LogP contribution in [0.25, 0.3) is 77.2 Å². The Bertz CT molecular complexity index is 3040. The molecule has 1 N–H and O–H groups in total. The van der Waals surface area contributed by atoms with Gasteiger partial charge >= 0.3 is 7.82 Å². The van der Waals surface area contributed by atoms with Crippen molar-refractivity contribution in [2.75, 3.05) is 0 Å². The molecule has 69 heavy (non-hydrogen) atoms. The maximum Gasteiger partial charge on any atom is 0.584 e. The predicted molar refractivity (Wildman–Crippen MR) is 293 cm³/mol. The van der Waals surface area contributed by atoms with E-state index in [4.69, 9.17) is 9.05 Å². The molecule has 1 heterocycles. The second kappa shape index (κ2) is 17.8. The third kappa shape index (κ3) is 8.96. The van der Waals surface area contributed by atoms with E-state index in [1.54, 1.807) is 0 Å². The van der Waals surface area contributed by atoms with Crippen LogP contribution in [-0.4, -0.2) is 4.89 Å². The molecule has 0 saturated carbocycles. The van der Waals surface area contributed by atoms with Crippen LogP contribution in [-0.2, 0) is 15.4 Å². The maximum absolute atomic E-state index is 15.1. The average molecular weight is 933 g/mol. The third-order valence-electron chi connectivity index (χ3n) is 14.3. The molecule has 8 aromatic rings. The number of fused-ring (bicyclic) bond motifs is 7. The molecule has 0 amide bonds. The van der Waals surface area contributed by atoms with E-state index in [1.807, 2.05) is 12.1 Å². The lowest BCUT2D eigenvalue weighted by molar-refractivity contribution is 0.295. The van der Waals surface area contributed by atoms with Crippen molar-refractivity contribution >= 4 is 29.4 Å².